The Kier molecular flexibility index (Phi) is 9.31. The summed E-state index contributed by atoms with van der Waals surface area (Å²) in [5, 5.41) is 2.95. The molecule has 0 bridgehead atoms. The average molecular weight is 565 g/mol. The first-order valence-electron chi connectivity index (χ1n) is 11.7. The van der Waals surface area contributed by atoms with E-state index in [0.717, 1.165) is 5.56 Å². The van der Waals surface area contributed by atoms with Gasteiger partial charge in [0.15, 0.2) is 11.4 Å². The fourth-order valence-electron chi connectivity index (χ4n) is 3.33. The highest BCUT2D eigenvalue weighted by molar-refractivity contribution is 9.10. The summed E-state index contributed by atoms with van der Waals surface area (Å²) in [6, 6.07) is 9.34. The first-order chi connectivity index (χ1) is 17.0. The molecule has 1 aromatic heterocycles. The van der Waals surface area contributed by atoms with E-state index in [0.29, 0.717) is 41.8 Å². The average Bonchev–Trinajstić information content (AvgIpc) is 3.19. The molecule has 0 amide bonds. The highest BCUT2D eigenvalue weighted by Crippen LogP contribution is 2.27. The molecule has 3 aromatic rings. The molecule has 194 valence electrons. The van der Waals surface area contributed by atoms with E-state index >= 15 is 0 Å². The summed E-state index contributed by atoms with van der Waals surface area (Å²) in [5.74, 6) is -0.659. The molecule has 8 nitrogen and oxygen atoms in total. The smallest absolute Gasteiger partial charge is 0.329 e. The van der Waals surface area contributed by atoms with Crippen molar-refractivity contribution in [2.45, 2.75) is 58.6 Å². The molecule has 0 spiro atoms. The molecule has 36 heavy (non-hydrogen) atoms. The van der Waals surface area contributed by atoms with Crippen LogP contribution in [-0.4, -0.2) is 41.8 Å². The van der Waals surface area contributed by atoms with Gasteiger partial charge in [-0.2, -0.15) is 4.98 Å². The Morgan fingerprint density at radius 3 is 2.58 bits per heavy atom. The standard InChI is InChI=1S/C26H30BrFN2O6/c1-5-33-22(31)7-6-12-34-18-10-8-16(9-11-18)13-21(24(32)36-26(2,3)4)30-25-29-20-15-17(27)14-19(28)23(20)35-25/h8-11,14-15,21H,5-7,12-13H2,1-4H3,(H,29,30). The Morgan fingerprint density at radius 2 is 1.92 bits per heavy atom. The van der Waals surface area contributed by atoms with Gasteiger partial charge in [-0.25, -0.2) is 9.18 Å². The second kappa shape index (κ2) is 12.2. The van der Waals surface area contributed by atoms with Crippen LogP contribution >= 0.6 is 15.9 Å². The fourth-order valence-corrected chi connectivity index (χ4v) is 3.75. The largest absolute Gasteiger partial charge is 0.494 e. The number of benzene rings is 2. The maximum absolute atomic E-state index is 14.2. The first kappa shape index (κ1) is 27.4. The Balaban J connectivity index is 1.68. The summed E-state index contributed by atoms with van der Waals surface area (Å²) in [5.41, 5.74) is 0.448. The maximum Gasteiger partial charge on any atom is 0.329 e. The van der Waals surface area contributed by atoms with Gasteiger partial charge in [0.2, 0.25) is 0 Å². The van der Waals surface area contributed by atoms with Crippen LogP contribution in [0.5, 0.6) is 5.75 Å². The third-order valence-corrected chi connectivity index (χ3v) is 5.32. The highest BCUT2D eigenvalue weighted by atomic mass is 79.9. The third kappa shape index (κ3) is 8.22. The van der Waals surface area contributed by atoms with Crippen molar-refractivity contribution in [2.24, 2.45) is 0 Å². The Morgan fingerprint density at radius 1 is 1.19 bits per heavy atom. The van der Waals surface area contributed by atoms with Crippen LogP contribution in [0.25, 0.3) is 11.1 Å². The van der Waals surface area contributed by atoms with Crippen molar-refractivity contribution < 1.29 is 32.6 Å². The number of carbonyl (C=O) groups excluding carboxylic acids is 2. The molecule has 0 radical (unpaired) electrons. The molecular weight excluding hydrogens is 535 g/mol. The van der Waals surface area contributed by atoms with Crippen molar-refractivity contribution >= 4 is 45.0 Å². The number of hydrogen-bond donors (Lipinski definition) is 1. The summed E-state index contributed by atoms with van der Waals surface area (Å²) in [6.45, 7) is 7.85. The number of ether oxygens (including phenoxy) is 3. The maximum atomic E-state index is 14.2. The molecular formula is C26H30BrFN2O6. The molecule has 1 atom stereocenters. The number of halogens is 2. The number of hydrogen-bond acceptors (Lipinski definition) is 8. The van der Waals surface area contributed by atoms with Crippen LogP contribution in [-0.2, 0) is 25.5 Å². The van der Waals surface area contributed by atoms with Gasteiger partial charge in [0, 0.05) is 17.3 Å². The number of carbonyl (C=O) groups is 2. The van der Waals surface area contributed by atoms with Crippen molar-refractivity contribution in [3.8, 4) is 5.75 Å². The summed E-state index contributed by atoms with van der Waals surface area (Å²) in [6.07, 6.45) is 1.11. The second-order valence-electron chi connectivity index (χ2n) is 9.09. The zero-order chi connectivity index (χ0) is 26.3. The lowest BCUT2D eigenvalue weighted by atomic mass is 10.1. The van der Waals surface area contributed by atoms with E-state index in [1.165, 1.54) is 6.07 Å². The van der Waals surface area contributed by atoms with Gasteiger partial charge in [-0.1, -0.05) is 28.1 Å². The van der Waals surface area contributed by atoms with Gasteiger partial charge in [0.25, 0.3) is 6.01 Å². The van der Waals surface area contributed by atoms with Crippen molar-refractivity contribution in [1.82, 2.24) is 4.98 Å². The lowest BCUT2D eigenvalue weighted by Gasteiger charge is -2.24. The summed E-state index contributed by atoms with van der Waals surface area (Å²) >= 11 is 3.23. The van der Waals surface area contributed by atoms with Gasteiger partial charge in [-0.3, -0.25) is 4.79 Å². The van der Waals surface area contributed by atoms with Crippen LogP contribution in [0.2, 0.25) is 0 Å². The zero-order valence-corrected chi connectivity index (χ0v) is 22.3. The van der Waals surface area contributed by atoms with Crippen LogP contribution in [0.3, 0.4) is 0 Å². The quantitative estimate of drug-likeness (QED) is 0.230. The number of esters is 2. The van der Waals surface area contributed by atoms with Crippen molar-refractivity contribution in [3.05, 3.63) is 52.3 Å². The SMILES string of the molecule is CCOC(=O)CCCOc1ccc(CC(Nc2nc3cc(Br)cc(F)c3o2)C(=O)OC(C)(C)C)cc1. The molecule has 0 fully saturated rings. The van der Waals surface area contributed by atoms with Crippen LogP contribution in [0.1, 0.15) is 46.1 Å². The van der Waals surface area contributed by atoms with Gasteiger partial charge in [-0.15, -0.1) is 0 Å². The molecule has 1 N–H and O–H groups in total. The molecule has 0 aliphatic rings. The number of anilines is 1. The van der Waals surface area contributed by atoms with Crippen molar-refractivity contribution in [3.63, 3.8) is 0 Å². The van der Waals surface area contributed by atoms with Crippen LogP contribution in [0.4, 0.5) is 10.4 Å². The van der Waals surface area contributed by atoms with E-state index in [1.807, 2.05) is 12.1 Å². The molecule has 0 saturated carbocycles. The monoisotopic (exact) mass is 564 g/mol. The number of nitrogens with one attached hydrogen (secondary N) is 1. The normalized spacial score (nSPS) is 12.3. The molecule has 3 rings (SSSR count). The Bertz CT molecular complexity index is 1190. The minimum Gasteiger partial charge on any atom is -0.494 e. The molecule has 0 aliphatic heterocycles. The zero-order valence-electron chi connectivity index (χ0n) is 20.7. The highest BCUT2D eigenvalue weighted by Gasteiger charge is 2.27. The second-order valence-corrected chi connectivity index (χ2v) is 10.0. The topological polar surface area (TPSA) is 99.9 Å². The summed E-state index contributed by atoms with van der Waals surface area (Å²) < 4.78 is 36.4. The van der Waals surface area contributed by atoms with E-state index in [9.17, 15) is 14.0 Å². The van der Waals surface area contributed by atoms with Crippen molar-refractivity contribution in [1.29, 1.82) is 0 Å². The van der Waals surface area contributed by atoms with E-state index in [-0.39, 0.29) is 24.0 Å². The lowest BCUT2D eigenvalue weighted by molar-refractivity contribution is -0.155. The number of rotatable bonds is 11. The summed E-state index contributed by atoms with van der Waals surface area (Å²) in [7, 11) is 0. The van der Waals surface area contributed by atoms with Crippen LogP contribution < -0.4 is 10.1 Å². The van der Waals surface area contributed by atoms with E-state index in [2.05, 4.69) is 26.2 Å². The van der Waals surface area contributed by atoms with Crippen molar-refractivity contribution in [2.75, 3.05) is 18.5 Å². The lowest BCUT2D eigenvalue weighted by Crippen LogP contribution is -2.38. The van der Waals surface area contributed by atoms with Crippen LogP contribution in [0.15, 0.2) is 45.3 Å². The van der Waals surface area contributed by atoms with Gasteiger partial charge < -0.3 is 23.9 Å². The van der Waals surface area contributed by atoms with Gasteiger partial charge in [-0.05, 0) is 63.9 Å². The minimum atomic E-state index is -0.833. The molecule has 0 aliphatic carbocycles. The molecule has 0 saturated heterocycles. The minimum absolute atomic E-state index is 0.00639. The number of fused-ring (bicyclic) bond motifs is 1. The number of oxazole rings is 1. The predicted molar refractivity (Wildman–Crippen MR) is 136 cm³/mol. The first-order valence-corrected chi connectivity index (χ1v) is 12.5. The Labute approximate surface area is 217 Å². The number of nitrogens with zero attached hydrogens (tertiary/aromatic N) is 1. The third-order valence-electron chi connectivity index (χ3n) is 4.86. The molecule has 1 unspecified atom stereocenters. The van der Waals surface area contributed by atoms with Crippen LogP contribution in [0, 0.1) is 5.82 Å². The molecule has 2 aromatic carbocycles. The predicted octanol–water partition coefficient (Wildman–Crippen LogP) is 5.82. The van der Waals surface area contributed by atoms with E-state index in [4.69, 9.17) is 18.6 Å². The fraction of sp³-hybridized carbons (Fsp3) is 0.423. The van der Waals surface area contributed by atoms with Gasteiger partial charge in [0.1, 0.15) is 22.9 Å². The number of aromatic nitrogens is 1. The molecule has 10 heteroatoms. The van der Waals surface area contributed by atoms with E-state index in [1.54, 1.807) is 45.9 Å². The van der Waals surface area contributed by atoms with Gasteiger partial charge >= 0.3 is 11.9 Å². The van der Waals surface area contributed by atoms with E-state index < -0.39 is 23.4 Å². The Hall–Kier alpha value is -3.14. The van der Waals surface area contributed by atoms with Gasteiger partial charge in [0.05, 0.1) is 13.2 Å². The molecule has 1 heterocycles. The summed E-state index contributed by atoms with van der Waals surface area (Å²) in [4.78, 5) is 28.6.